The molecular formula is C37H63N3O8SSi. The van der Waals surface area contributed by atoms with Crippen LogP contribution in [0.3, 0.4) is 0 Å². The van der Waals surface area contributed by atoms with E-state index in [1.807, 2.05) is 19.3 Å². The topological polar surface area (TPSA) is 142 Å². The number of rotatable bonds is 15. The lowest BCUT2D eigenvalue weighted by Gasteiger charge is -2.46. The van der Waals surface area contributed by atoms with E-state index in [9.17, 15) is 14.4 Å². The average molecular weight is 738 g/mol. The SMILES string of the molecule is CSCCN(C)C(=O)O[C@@H](C)/C=C\C(=O)N[C@@H]1C[C@H](C)[C@H](C/C=C(C)/C=C/[C@H]2O[C@H](CC(N)=O)C[C@@]3(CO3)[C@@H]2O[Si](C)(C)C(C)(C)C)O[C@@H]1C. The molecule has 0 saturated carbocycles. The molecule has 11 nitrogen and oxygen atoms in total. The summed E-state index contributed by atoms with van der Waals surface area (Å²) in [7, 11) is -0.453. The van der Waals surface area contributed by atoms with E-state index in [0.29, 0.717) is 19.6 Å². The largest absolute Gasteiger partial charge is 0.442 e. The minimum absolute atomic E-state index is 0.00301. The van der Waals surface area contributed by atoms with Gasteiger partial charge < -0.3 is 39.3 Å². The number of nitrogens with zero attached hydrogens (tertiary/aromatic N) is 1. The first-order valence-corrected chi connectivity index (χ1v) is 22.2. The van der Waals surface area contributed by atoms with Crippen LogP contribution in [0, 0.1) is 5.92 Å². The van der Waals surface area contributed by atoms with Crippen molar-refractivity contribution in [2.24, 2.45) is 11.7 Å². The van der Waals surface area contributed by atoms with Crippen LogP contribution >= 0.6 is 11.8 Å². The highest BCUT2D eigenvalue weighted by atomic mass is 32.2. The Morgan fingerprint density at radius 2 is 1.86 bits per heavy atom. The smallest absolute Gasteiger partial charge is 0.410 e. The average Bonchev–Trinajstić information content (AvgIpc) is 3.78. The van der Waals surface area contributed by atoms with Gasteiger partial charge in [0, 0.05) is 31.8 Å². The summed E-state index contributed by atoms with van der Waals surface area (Å²) in [5, 5.41) is 3.08. The summed E-state index contributed by atoms with van der Waals surface area (Å²) in [6.45, 7) is 20.2. The minimum Gasteiger partial charge on any atom is -0.442 e. The first kappa shape index (κ1) is 42.3. The van der Waals surface area contributed by atoms with E-state index in [1.54, 1.807) is 31.8 Å². The Labute approximate surface area is 305 Å². The van der Waals surface area contributed by atoms with Gasteiger partial charge in [0.05, 0.1) is 37.4 Å². The third-order valence-electron chi connectivity index (χ3n) is 10.4. The Hall–Kier alpha value is -2.16. The highest BCUT2D eigenvalue weighted by Gasteiger charge is 2.61. The van der Waals surface area contributed by atoms with Crippen LogP contribution in [0.2, 0.25) is 18.1 Å². The summed E-state index contributed by atoms with van der Waals surface area (Å²) >= 11 is 1.66. The van der Waals surface area contributed by atoms with Crippen LogP contribution in [0.1, 0.15) is 74.1 Å². The fourth-order valence-electron chi connectivity index (χ4n) is 6.07. The number of amides is 3. The molecule has 0 aromatic rings. The van der Waals surface area contributed by atoms with Gasteiger partial charge in [-0.1, -0.05) is 51.5 Å². The standard InChI is InChI=1S/C37H63N3O8SSi/c1-24(13-16-31-34(48-50(10,11)36(5,6)7)37(23-44-37)22-28(47-31)21-32(38)41)12-15-30-25(2)20-29(27(4)46-30)39-33(42)17-14-26(3)45-35(43)40(8)18-19-49-9/h12-14,16-17,25-31,34H,15,18-23H2,1-11H3,(H2,38,41)(H,39,42)/b16-13+,17-14-,24-12+/t25-,26-,27+,28+,29+,30-,31+,34+,37+/m0/s1. The van der Waals surface area contributed by atoms with Crippen LogP contribution in [0.15, 0.2) is 36.0 Å². The maximum Gasteiger partial charge on any atom is 0.410 e. The van der Waals surface area contributed by atoms with Gasteiger partial charge in [-0.2, -0.15) is 11.8 Å². The van der Waals surface area contributed by atoms with E-state index in [-0.39, 0.29) is 65.8 Å². The molecule has 3 rings (SSSR count). The fraction of sp³-hybridized carbons (Fsp3) is 0.757. The van der Waals surface area contributed by atoms with Crippen LogP contribution in [0.25, 0.3) is 0 Å². The van der Waals surface area contributed by atoms with Crippen molar-refractivity contribution in [3.05, 3.63) is 36.0 Å². The number of hydrogen-bond donors (Lipinski definition) is 2. The van der Waals surface area contributed by atoms with E-state index >= 15 is 0 Å². The predicted octanol–water partition coefficient (Wildman–Crippen LogP) is 5.75. The van der Waals surface area contributed by atoms with E-state index in [4.69, 9.17) is 29.1 Å². The predicted molar refractivity (Wildman–Crippen MR) is 201 cm³/mol. The third kappa shape index (κ3) is 12.2. The number of epoxide rings is 1. The second-order valence-electron chi connectivity index (χ2n) is 15.9. The van der Waals surface area contributed by atoms with Crippen LogP contribution in [-0.2, 0) is 33.0 Å². The highest BCUT2D eigenvalue weighted by molar-refractivity contribution is 7.98. The van der Waals surface area contributed by atoms with Gasteiger partial charge in [0.2, 0.25) is 11.8 Å². The van der Waals surface area contributed by atoms with Gasteiger partial charge in [0.15, 0.2) is 8.32 Å². The lowest BCUT2D eigenvalue weighted by atomic mass is 9.87. The summed E-state index contributed by atoms with van der Waals surface area (Å²) in [5.41, 5.74) is 6.16. The zero-order valence-electron chi connectivity index (χ0n) is 32.2. The van der Waals surface area contributed by atoms with Crippen LogP contribution < -0.4 is 11.1 Å². The number of carbonyl (C=O) groups is 3. The normalized spacial score (nSPS) is 31.2. The van der Waals surface area contributed by atoms with Gasteiger partial charge in [-0.3, -0.25) is 9.59 Å². The molecule has 3 fully saturated rings. The molecule has 9 atom stereocenters. The molecule has 3 aliphatic heterocycles. The number of nitrogens with one attached hydrogen (secondary N) is 1. The molecule has 0 aromatic heterocycles. The minimum atomic E-state index is -2.15. The monoisotopic (exact) mass is 737 g/mol. The van der Waals surface area contributed by atoms with Crippen molar-refractivity contribution in [2.45, 2.75) is 141 Å². The maximum absolute atomic E-state index is 12.7. The van der Waals surface area contributed by atoms with E-state index in [2.05, 4.69) is 65.2 Å². The van der Waals surface area contributed by atoms with Gasteiger partial charge in [0.25, 0.3) is 0 Å². The van der Waals surface area contributed by atoms with Crippen molar-refractivity contribution in [3.63, 3.8) is 0 Å². The van der Waals surface area contributed by atoms with E-state index in [0.717, 1.165) is 24.2 Å². The molecule has 0 radical (unpaired) electrons. The molecule has 0 unspecified atom stereocenters. The molecule has 50 heavy (non-hydrogen) atoms. The van der Waals surface area contributed by atoms with Crippen molar-refractivity contribution >= 4 is 38.0 Å². The molecule has 3 heterocycles. The summed E-state index contributed by atoms with van der Waals surface area (Å²) < 4.78 is 31.2. The van der Waals surface area contributed by atoms with E-state index < -0.39 is 26.1 Å². The number of primary amides is 1. The number of carbonyl (C=O) groups excluding carboxylic acids is 3. The summed E-state index contributed by atoms with van der Waals surface area (Å²) in [6, 6.07) is -0.134. The molecular weight excluding hydrogens is 675 g/mol. The van der Waals surface area contributed by atoms with Crippen LogP contribution in [0.5, 0.6) is 0 Å². The molecule has 3 saturated heterocycles. The third-order valence-corrected chi connectivity index (χ3v) is 15.5. The van der Waals surface area contributed by atoms with Crippen molar-refractivity contribution in [1.82, 2.24) is 10.2 Å². The van der Waals surface area contributed by atoms with Crippen molar-refractivity contribution < 1.29 is 37.8 Å². The zero-order chi connectivity index (χ0) is 37.4. The highest BCUT2D eigenvalue weighted by Crippen LogP contribution is 2.48. The summed E-state index contributed by atoms with van der Waals surface area (Å²) in [4.78, 5) is 38.2. The van der Waals surface area contributed by atoms with Crippen LogP contribution in [0.4, 0.5) is 4.79 Å². The number of hydrogen-bond acceptors (Lipinski definition) is 9. The van der Waals surface area contributed by atoms with Crippen LogP contribution in [-0.4, -0.2) is 112 Å². The summed E-state index contributed by atoms with van der Waals surface area (Å²) in [5.74, 6) is 0.414. The molecule has 284 valence electrons. The number of nitrogens with two attached hydrogens (primary N) is 1. The van der Waals surface area contributed by atoms with Crippen molar-refractivity contribution in [2.75, 3.05) is 32.2 Å². The number of thioether (sulfide) groups is 1. The molecule has 3 aliphatic rings. The van der Waals surface area contributed by atoms with Gasteiger partial charge in [-0.05, 0) is 70.0 Å². The first-order chi connectivity index (χ1) is 23.3. The molecule has 0 bridgehead atoms. The quantitative estimate of drug-likeness (QED) is 0.0931. The molecule has 13 heteroatoms. The lowest BCUT2D eigenvalue weighted by Crippen LogP contribution is -2.57. The molecule has 1 spiro atoms. The van der Waals surface area contributed by atoms with Gasteiger partial charge in [-0.15, -0.1) is 0 Å². The van der Waals surface area contributed by atoms with Crippen molar-refractivity contribution in [3.8, 4) is 0 Å². The number of allylic oxidation sites excluding steroid dienone is 2. The summed E-state index contributed by atoms with van der Waals surface area (Å²) in [6.07, 6.45) is 11.4. The van der Waals surface area contributed by atoms with E-state index in [1.165, 1.54) is 11.0 Å². The van der Waals surface area contributed by atoms with Gasteiger partial charge in [-0.25, -0.2) is 4.79 Å². The van der Waals surface area contributed by atoms with Gasteiger partial charge >= 0.3 is 6.09 Å². The second-order valence-corrected chi connectivity index (χ2v) is 21.6. The second kappa shape index (κ2) is 18.0. The molecule has 3 amide bonds. The van der Waals surface area contributed by atoms with Crippen molar-refractivity contribution in [1.29, 1.82) is 0 Å². The zero-order valence-corrected chi connectivity index (χ0v) is 34.0. The number of ether oxygens (including phenoxy) is 4. The Bertz CT molecular complexity index is 1260. The first-order valence-electron chi connectivity index (χ1n) is 17.9. The Morgan fingerprint density at radius 1 is 1.18 bits per heavy atom. The van der Waals surface area contributed by atoms with Gasteiger partial charge in [0.1, 0.15) is 23.9 Å². The lowest BCUT2D eigenvalue weighted by molar-refractivity contribution is -0.140. The Kier molecular flexibility index (Phi) is 15.3. The molecule has 0 aromatic carbocycles. The maximum atomic E-state index is 12.7. The fourth-order valence-corrected chi connectivity index (χ4v) is 7.86. The Balaban J connectivity index is 1.57. The molecule has 3 N–H and O–H groups in total. The Morgan fingerprint density at radius 3 is 2.46 bits per heavy atom. The molecule has 0 aliphatic carbocycles.